The number of amides is 2. The number of nitrogens with one attached hydrogen (secondary N) is 1. The number of hydrogen-bond donors (Lipinski definition) is 2. The quantitative estimate of drug-likeness (QED) is 0.0952. The van der Waals surface area contributed by atoms with E-state index < -0.39 is 12.6 Å². The molecule has 0 aliphatic heterocycles. The van der Waals surface area contributed by atoms with Crippen LogP contribution in [0.4, 0.5) is 0 Å². The minimum atomic E-state index is -1.05. The van der Waals surface area contributed by atoms with Crippen molar-refractivity contribution in [2.45, 2.75) is 65.1 Å². The number of thiazole rings is 1. The van der Waals surface area contributed by atoms with E-state index in [9.17, 15) is 14.4 Å². The maximum Gasteiger partial charge on any atom is 0.341 e. The third kappa shape index (κ3) is 10.4. The number of aryl methyl sites for hydroxylation is 1. The molecule has 1 atom stereocenters. The summed E-state index contributed by atoms with van der Waals surface area (Å²) in [7, 11) is 0. The predicted octanol–water partition coefficient (Wildman–Crippen LogP) is 8.27. The highest BCUT2D eigenvalue weighted by Crippen LogP contribution is 2.27. The van der Waals surface area contributed by atoms with E-state index in [4.69, 9.17) is 14.8 Å². The van der Waals surface area contributed by atoms with E-state index in [1.807, 2.05) is 79.0 Å². The molecule has 0 spiro atoms. The first-order chi connectivity index (χ1) is 24.3. The molecule has 2 amide bonds. The van der Waals surface area contributed by atoms with Crippen LogP contribution in [0.3, 0.4) is 0 Å². The number of benzene rings is 4. The minimum Gasteiger partial charge on any atom is -0.482 e. The number of aliphatic carboxylic acids is 1. The summed E-state index contributed by atoms with van der Waals surface area (Å²) in [4.78, 5) is 44.3. The van der Waals surface area contributed by atoms with Crippen molar-refractivity contribution in [3.8, 4) is 16.3 Å². The Kier molecular flexibility index (Phi) is 12.9. The van der Waals surface area contributed by atoms with Crippen molar-refractivity contribution in [2.75, 3.05) is 6.61 Å². The molecule has 8 nitrogen and oxygen atoms in total. The van der Waals surface area contributed by atoms with Gasteiger partial charge in [0.1, 0.15) is 10.8 Å². The van der Waals surface area contributed by atoms with Gasteiger partial charge in [-0.05, 0) is 66.3 Å². The minimum absolute atomic E-state index is 0.0322. The second-order valence-corrected chi connectivity index (χ2v) is 13.2. The fourth-order valence-electron chi connectivity index (χ4n) is 5.59. The molecule has 0 bridgehead atoms. The highest BCUT2D eigenvalue weighted by atomic mass is 32.1. The lowest BCUT2D eigenvalue weighted by Crippen LogP contribution is -2.33. The van der Waals surface area contributed by atoms with Gasteiger partial charge in [-0.1, -0.05) is 98.6 Å². The number of nitrogens with zero attached hydrogens (tertiary/aromatic N) is 2. The number of hydrogen-bond acceptors (Lipinski definition) is 6. The first kappa shape index (κ1) is 36.0. The summed E-state index contributed by atoms with van der Waals surface area (Å²) in [6, 6.07) is 32.6. The lowest BCUT2D eigenvalue weighted by molar-refractivity contribution is -0.139. The van der Waals surface area contributed by atoms with E-state index in [1.165, 1.54) is 36.2 Å². The molecule has 1 aromatic heterocycles. The Hall–Kier alpha value is -5.28. The highest BCUT2D eigenvalue weighted by molar-refractivity contribution is 7.13. The van der Waals surface area contributed by atoms with Crippen molar-refractivity contribution < 1.29 is 24.2 Å². The topological polar surface area (TPSA) is 109 Å². The molecule has 1 unspecified atom stereocenters. The van der Waals surface area contributed by atoms with Crippen LogP contribution in [0.2, 0.25) is 0 Å². The number of ether oxygens (including phenoxy) is 1. The van der Waals surface area contributed by atoms with Gasteiger partial charge < -0.3 is 20.1 Å². The molecule has 5 rings (SSSR count). The first-order valence-electron chi connectivity index (χ1n) is 17.0. The van der Waals surface area contributed by atoms with Gasteiger partial charge in [-0.25, -0.2) is 9.78 Å². The van der Waals surface area contributed by atoms with Gasteiger partial charge in [-0.3, -0.25) is 9.59 Å². The maximum atomic E-state index is 13.9. The lowest BCUT2D eigenvalue weighted by atomic mass is 9.99. The number of rotatable bonds is 17. The lowest BCUT2D eigenvalue weighted by Gasteiger charge is -2.26. The van der Waals surface area contributed by atoms with Crippen LogP contribution < -0.4 is 10.1 Å². The number of carbonyl (C=O) groups excluding carboxylic acids is 2. The third-order valence-electron chi connectivity index (χ3n) is 8.48. The van der Waals surface area contributed by atoms with Crippen LogP contribution in [0.5, 0.6) is 5.75 Å². The Balaban J connectivity index is 1.22. The van der Waals surface area contributed by atoms with Crippen LogP contribution in [0, 0.1) is 0 Å². The number of carboxylic acid groups (broad SMARTS) is 1. The SMILES string of the molecule is CCCCCc1ccc(CNC(=O)c2ccc(-c3nc(CN(Cc4ccc(OCC(=O)O)cc4)C(=O)C(C)c4ccccc4)cs3)cc2)cc1. The molecule has 0 radical (unpaired) electrons. The van der Waals surface area contributed by atoms with E-state index in [0.717, 1.165) is 39.4 Å². The number of unbranched alkanes of at least 4 members (excludes halogenated alkanes) is 2. The number of carbonyl (C=O) groups is 3. The van der Waals surface area contributed by atoms with Gasteiger partial charge >= 0.3 is 5.97 Å². The van der Waals surface area contributed by atoms with Crippen molar-refractivity contribution >= 4 is 29.1 Å². The summed E-state index contributed by atoms with van der Waals surface area (Å²) in [6.07, 6.45) is 4.73. The fourth-order valence-corrected chi connectivity index (χ4v) is 6.40. The average molecular weight is 690 g/mol. The van der Waals surface area contributed by atoms with Gasteiger partial charge in [-0.15, -0.1) is 11.3 Å². The van der Waals surface area contributed by atoms with Gasteiger partial charge in [0.15, 0.2) is 6.61 Å². The molecule has 0 aliphatic carbocycles. The summed E-state index contributed by atoms with van der Waals surface area (Å²) >= 11 is 1.49. The smallest absolute Gasteiger partial charge is 0.341 e. The van der Waals surface area contributed by atoms with E-state index in [1.54, 1.807) is 17.0 Å². The Morgan fingerprint density at radius 1 is 0.840 bits per heavy atom. The molecule has 2 N–H and O–H groups in total. The normalized spacial score (nSPS) is 11.5. The number of aromatic nitrogens is 1. The van der Waals surface area contributed by atoms with E-state index in [2.05, 4.69) is 36.5 Å². The van der Waals surface area contributed by atoms with Crippen LogP contribution in [0.1, 0.15) is 77.3 Å². The predicted molar refractivity (Wildman–Crippen MR) is 197 cm³/mol. The Morgan fingerprint density at radius 2 is 1.52 bits per heavy atom. The zero-order valence-corrected chi connectivity index (χ0v) is 29.3. The Morgan fingerprint density at radius 3 is 2.20 bits per heavy atom. The molecule has 9 heteroatoms. The molecule has 1 heterocycles. The highest BCUT2D eigenvalue weighted by Gasteiger charge is 2.23. The standard InChI is InChI=1S/C41H43N3O5S/c1-3-4-6-9-30-12-14-31(15-13-30)24-42-39(47)34-18-20-35(21-19-34)40-43-36(28-50-40)26-44(41(48)29(2)33-10-7-5-8-11-33)25-32-16-22-37(23-17-32)49-27-38(45)46/h5,7-8,10-23,28-29H,3-4,6,9,24-27H2,1-2H3,(H,42,47)(H,45,46). The maximum absolute atomic E-state index is 13.9. The van der Waals surface area contributed by atoms with Gasteiger partial charge in [0.25, 0.3) is 5.91 Å². The summed E-state index contributed by atoms with van der Waals surface area (Å²) in [5.41, 5.74) is 6.43. The van der Waals surface area contributed by atoms with Crippen LogP contribution in [-0.4, -0.2) is 39.4 Å². The van der Waals surface area contributed by atoms with Gasteiger partial charge in [0, 0.05) is 29.6 Å². The molecule has 258 valence electrons. The summed E-state index contributed by atoms with van der Waals surface area (Å²) in [5, 5.41) is 14.7. The summed E-state index contributed by atoms with van der Waals surface area (Å²) in [5.74, 6) is -1.13. The van der Waals surface area contributed by atoms with E-state index >= 15 is 0 Å². The van der Waals surface area contributed by atoms with Gasteiger partial charge in [0.05, 0.1) is 18.2 Å². The fraction of sp³-hybridized carbons (Fsp3) is 0.268. The molecule has 5 aromatic rings. The van der Waals surface area contributed by atoms with Gasteiger partial charge in [0.2, 0.25) is 5.91 Å². The van der Waals surface area contributed by atoms with Crippen LogP contribution >= 0.6 is 11.3 Å². The third-order valence-corrected chi connectivity index (χ3v) is 9.42. The molecular weight excluding hydrogens is 647 g/mol. The molecule has 0 saturated carbocycles. The van der Waals surface area contributed by atoms with Crippen molar-refractivity contribution in [3.05, 3.63) is 142 Å². The number of carboxylic acids is 1. The second-order valence-electron chi connectivity index (χ2n) is 12.3. The summed E-state index contributed by atoms with van der Waals surface area (Å²) in [6.45, 7) is 4.81. The zero-order valence-electron chi connectivity index (χ0n) is 28.5. The monoisotopic (exact) mass is 689 g/mol. The van der Waals surface area contributed by atoms with E-state index in [0.29, 0.717) is 30.9 Å². The molecule has 0 fully saturated rings. The Bertz CT molecular complexity index is 1840. The zero-order chi connectivity index (χ0) is 35.3. The van der Waals surface area contributed by atoms with Crippen LogP contribution in [-0.2, 0) is 35.6 Å². The van der Waals surface area contributed by atoms with Crippen LogP contribution in [0.15, 0.2) is 109 Å². The van der Waals surface area contributed by atoms with Crippen molar-refractivity contribution in [1.82, 2.24) is 15.2 Å². The Labute approximate surface area is 297 Å². The molecular formula is C41H43N3O5S. The van der Waals surface area contributed by atoms with Gasteiger partial charge in [-0.2, -0.15) is 0 Å². The molecule has 4 aromatic carbocycles. The molecule has 0 saturated heterocycles. The average Bonchev–Trinajstić information content (AvgIpc) is 3.62. The second kappa shape index (κ2) is 17.9. The largest absolute Gasteiger partial charge is 0.482 e. The molecule has 50 heavy (non-hydrogen) atoms. The van der Waals surface area contributed by atoms with Crippen molar-refractivity contribution in [3.63, 3.8) is 0 Å². The summed E-state index contributed by atoms with van der Waals surface area (Å²) < 4.78 is 5.27. The van der Waals surface area contributed by atoms with Crippen molar-refractivity contribution in [2.24, 2.45) is 0 Å². The molecule has 0 aliphatic rings. The van der Waals surface area contributed by atoms with E-state index in [-0.39, 0.29) is 17.7 Å². The first-order valence-corrected chi connectivity index (χ1v) is 17.8. The van der Waals surface area contributed by atoms with Crippen LogP contribution in [0.25, 0.3) is 10.6 Å². The van der Waals surface area contributed by atoms with Crippen molar-refractivity contribution in [1.29, 1.82) is 0 Å².